The van der Waals surface area contributed by atoms with Crippen LogP contribution in [-0.4, -0.2) is 59.7 Å². The van der Waals surface area contributed by atoms with E-state index in [0.717, 1.165) is 11.5 Å². The average Bonchev–Trinajstić information content (AvgIpc) is 2.35. The first-order chi connectivity index (χ1) is 8.70. The summed E-state index contributed by atoms with van der Waals surface area (Å²) in [7, 11) is 0. The van der Waals surface area contributed by atoms with E-state index in [2.05, 4.69) is 10.6 Å². The molecule has 0 rings (SSSR count). The molecule has 4 nitrogen and oxygen atoms in total. The Hall–Kier alpha value is 0.220. The molecule has 8 heteroatoms. The smallest absolute Gasteiger partial charge is 0.230 e. The van der Waals surface area contributed by atoms with Gasteiger partial charge in [-0.25, -0.2) is 0 Å². The minimum absolute atomic E-state index is 0.0316. The average molecular weight is 333 g/mol. The van der Waals surface area contributed by atoms with E-state index in [9.17, 15) is 9.59 Å². The summed E-state index contributed by atoms with van der Waals surface area (Å²) in [6.45, 7) is 0.901. The van der Waals surface area contributed by atoms with Gasteiger partial charge in [-0.1, -0.05) is 0 Å². The first-order valence-electron chi connectivity index (χ1n) is 5.51. The fourth-order valence-corrected chi connectivity index (χ4v) is 2.68. The molecule has 0 spiro atoms. The molecular formula is C10H18Cl2N2O2S2. The summed E-state index contributed by atoms with van der Waals surface area (Å²) in [5, 5.41) is 5.44. The van der Waals surface area contributed by atoms with Gasteiger partial charge in [-0.15, -0.1) is 23.2 Å². The van der Waals surface area contributed by atoms with Gasteiger partial charge in [0.25, 0.3) is 0 Å². The zero-order chi connectivity index (χ0) is 13.6. The minimum atomic E-state index is -0.0316. The Labute approximate surface area is 126 Å². The molecule has 0 aromatic rings. The van der Waals surface area contributed by atoms with Gasteiger partial charge < -0.3 is 10.6 Å². The lowest BCUT2D eigenvalue weighted by Gasteiger charge is -2.06. The number of halogens is 2. The minimum Gasteiger partial charge on any atom is -0.354 e. The van der Waals surface area contributed by atoms with Crippen LogP contribution in [0.1, 0.15) is 0 Å². The topological polar surface area (TPSA) is 58.2 Å². The van der Waals surface area contributed by atoms with E-state index < -0.39 is 0 Å². The van der Waals surface area contributed by atoms with Gasteiger partial charge in [-0.3, -0.25) is 9.59 Å². The van der Waals surface area contributed by atoms with Crippen LogP contribution in [0.5, 0.6) is 0 Å². The number of nitrogens with one attached hydrogen (secondary N) is 2. The predicted molar refractivity (Wildman–Crippen MR) is 82.1 cm³/mol. The SMILES string of the molecule is O=C(CSCCCl)NCCNC(=O)CSCCCl. The van der Waals surface area contributed by atoms with Gasteiger partial charge in [0.1, 0.15) is 0 Å². The van der Waals surface area contributed by atoms with Gasteiger partial charge in [0.15, 0.2) is 0 Å². The summed E-state index contributed by atoms with van der Waals surface area (Å²) in [5.41, 5.74) is 0. The summed E-state index contributed by atoms with van der Waals surface area (Å²) in [6, 6.07) is 0. The molecule has 0 atom stereocenters. The molecule has 0 aliphatic heterocycles. The second-order valence-electron chi connectivity index (χ2n) is 3.18. The number of thioether (sulfide) groups is 2. The van der Waals surface area contributed by atoms with Crippen LogP contribution in [0.3, 0.4) is 0 Å². The third-order valence-electron chi connectivity index (χ3n) is 1.68. The molecule has 0 heterocycles. The van der Waals surface area contributed by atoms with Crippen molar-refractivity contribution in [3.8, 4) is 0 Å². The zero-order valence-corrected chi connectivity index (χ0v) is 13.2. The summed E-state index contributed by atoms with van der Waals surface area (Å²) in [6.07, 6.45) is 0. The Morgan fingerprint density at radius 3 is 1.56 bits per heavy atom. The largest absolute Gasteiger partial charge is 0.354 e. The highest BCUT2D eigenvalue weighted by atomic mass is 35.5. The monoisotopic (exact) mass is 332 g/mol. The molecule has 0 aliphatic rings. The molecule has 0 radical (unpaired) electrons. The summed E-state index contributed by atoms with van der Waals surface area (Å²) >= 11 is 14.0. The van der Waals surface area contributed by atoms with E-state index in [4.69, 9.17) is 23.2 Å². The van der Waals surface area contributed by atoms with E-state index >= 15 is 0 Å². The Kier molecular flexibility index (Phi) is 13.8. The standard InChI is InChI=1S/C10H18Cl2N2O2S2/c11-1-5-17-7-9(15)13-3-4-14-10(16)8-18-6-2-12/h1-8H2,(H,13,15)(H,14,16). The highest BCUT2D eigenvalue weighted by Crippen LogP contribution is 1.99. The first kappa shape index (κ1) is 18.2. The van der Waals surface area contributed by atoms with Crippen molar-refractivity contribution in [2.24, 2.45) is 0 Å². The van der Waals surface area contributed by atoms with Crippen LogP contribution in [0.25, 0.3) is 0 Å². The molecule has 2 N–H and O–H groups in total. The van der Waals surface area contributed by atoms with Crippen molar-refractivity contribution in [1.29, 1.82) is 0 Å². The summed E-state index contributed by atoms with van der Waals surface area (Å²) in [4.78, 5) is 22.5. The molecule has 0 unspecified atom stereocenters. The van der Waals surface area contributed by atoms with Crippen LogP contribution >= 0.6 is 46.7 Å². The quantitative estimate of drug-likeness (QED) is 0.440. The second-order valence-corrected chi connectivity index (χ2v) is 6.15. The highest BCUT2D eigenvalue weighted by Gasteiger charge is 2.02. The van der Waals surface area contributed by atoms with E-state index in [1.54, 1.807) is 0 Å². The molecule has 0 aromatic heterocycles. The lowest BCUT2D eigenvalue weighted by atomic mass is 10.5. The maximum Gasteiger partial charge on any atom is 0.230 e. The lowest BCUT2D eigenvalue weighted by Crippen LogP contribution is -2.36. The van der Waals surface area contributed by atoms with Crippen molar-refractivity contribution in [1.82, 2.24) is 10.6 Å². The van der Waals surface area contributed by atoms with Crippen molar-refractivity contribution < 1.29 is 9.59 Å². The van der Waals surface area contributed by atoms with Crippen molar-refractivity contribution in [2.75, 3.05) is 47.9 Å². The van der Waals surface area contributed by atoms with E-state index in [1.165, 1.54) is 23.5 Å². The lowest BCUT2D eigenvalue weighted by molar-refractivity contribution is -0.120. The molecule has 0 aromatic carbocycles. The summed E-state index contributed by atoms with van der Waals surface area (Å²) < 4.78 is 0. The van der Waals surface area contributed by atoms with Gasteiger partial charge in [0.05, 0.1) is 11.5 Å². The van der Waals surface area contributed by atoms with Crippen LogP contribution in [0.15, 0.2) is 0 Å². The van der Waals surface area contributed by atoms with Gasteiger partial charge in [-0.05, 0) is 0 Å². The number of carbonyl (C=O) groups is 2. The van der Waals surface area contributed by atoms with E-state index in [1.807, 2.05) is 0 Å². The highest BCUT2D eigenvalue weighted by molar-refractivity contribution is 8.00. The van der Waals surface area contributed by atoms with Crippen molar-refractivity contribution in [2.45, 2.75) is 0 Å². The van der Waals surface area contributed by atoms with Gasteiger partial charge in [-0.2, -0.15) is 23.5 Å². The Morgan fingerprint density at radius 2 is 1.22 bits per heavy atom. The fraction of sp³-hybridized carbons (Fsp3) is 0.800. The van der Waals surface area contributed by atoms with Crippen LogP contribution < -0.4 is 10.6 Å². The molecule has 0 saturated heterocycles. The van der Waals surface area contributed by atoms with Crippen LogP contribution in [0.4, 0.5) is 0 Å². The first-order valence-corrected chi connectivity index (χ1v) is 8.89. The number of hydrogen-bond donors (Lipinski definition) is 2. The molecule has 18 heavy (non-hydrogen) atoms. The van der Waals surface area contributed by atoms with E-state index in [-0.39, 0.29) is 11.8 Å². The molecule has 0 saturated carbocycles. The molecule has 0 aliphatic carbocycles. The van der Waals surface area contributed by atoms with Crippen molar-refractivity contribution in [3.63, 3.8) is 0 Å². The normalized spacial score (nSPS) is 10.1. The molecule has 0 fully saturated rings. The zero-order valence-electron chi connectivity index (χ0n) is 10.0. The molecular weight excluding hydrogens is 315 g/mol. The van der Waals surface area contributed by atoms with Gasteiger partial charge in [0, 0.05) is 36.4 Å². The number of carbonyl (C=O) groups excluding carboxylic acids is 2. The molecule has 0 bridgehead atoms. The third kappa shape index (κ3) is 12.7. The maximum absolute atomic E-state index is 11.3. The van der Waals surface area contributed by atoms with Gasteiger partial charge >= 0.3 is 0 Å². The fourth-order valence-electron chi connectivity index (χ4n) is 0.945. The van der Waals surface area contributed by atoms with Gasteiger partial charge in [0.2, 0.25) is 11.8 Å². The third-order valence-corrected chi connectivity index (χ3v) is 4.42. The molecule has 2 amide bonds. The van der Waals surface area contributed by atoms with Crippen LogP contribution in [-0.2, 0) is 9.59 Å². The predicted octanol–water partition coefficient (Wildman–Crippen LogP) is 1.16. The van der Waals surface area contributed by atoms with E-state index in [0.29, 0.717) is 36.4 Å². The number of alkyl halides is 2. The number of rotatable bonds is 11. The van der Waals surface area contributed by atoms with Crippen LogP contribution in [0, 0.1) is 0 Å². The Morgan fingerprint density at radius 1 is 0.833 bits per heavy atom. The van der Waals surface area contributed by atoms with Crippen LogP contribution in [0.2, 0.25) is 0 Å². The van der Waals surface area contributed by atoms with Crippen molar-refractivity contribution >= 4 is 58.5 Å². The number of hydrogen-bond acceptors (Lipinski definition) is 4. The summed E-state index contributed by atoms with van der Waals surface area (Å²) in [5.74, 6) is 3.39. The number of amides is 2. The maximum atomic E-state index is 11.3. The Balaban J connectivity index is 3.32. The molecule has 106 valence electrons. The second kappa shape index (κ2) is 13.6. The van der Waals surface area contributed by atoms with Crippen molar-refractivity contribution in [3.05, 3.63) is 0 Å². The Bertz CT molecular complexity index is 222.